The molecule has 0 spiro atoms. The number of urea groups is 1. The molecule has 1 unspecified atom stereocenters. The first kappa shape index (κ1) is 28.2. The average Bonchev–Trinajstić information content (AvgIpc) is 3.30. The van der Waals surface area contributed by atoms with Gasteiger partial charge >= 0.3 is 12.2 Å². The van der Waals surface area contributed by atoms with Gasteiger partial charge in [0.25, 0.3) is 0 Å². The molecule has 2 aromatic heterocycles. The molecular weight excluding hydrogens is 551 g/mol. The summed E-state index contributed by atoms with van der Waals surface area (Å²) in [6, 6.07) is 9.75. The third-order valence-electron chi connectivity index (χ3n) is 7.66. The molecule has 0 radical (unpaired) electrons. The van der Waals surface area contributed by atoms with Crippen LogP contribution in [0.3, 0.4) is 0 Å². The smallest absolute Gasteiger partial charge is 0.416 e. The van der Waals surface area contributed by atoms with Gasteiger partial charge in [-0.15, -0.1) is 0 Å². The fourth-order valence-corrected chi connectivity index (χ4v) is 5.73. The van der Waals surface area contributed by atoms with Gasteiger partial charge in [0.15, 0.2) is 11.6 Å². The first-order valence-corrected chi connectivity index (χ1v) is 13.9. The van der Waals surface area contributed by atoms with Gasteiger partial charge in [0.2, 0.25) is 0 Å². The number of nitrogens with one attached hydrogen (secondary N) is 1. The number of pyridine rings is 2. The van der Waals surface area contributed by atoms with Crippen LogP contribution in [0.1, 0.15) is 37.8 Å². The lowest BCUT2D eigenvalue weighted by molar-refractivity contribution is -0.141. The first-order valence-electron chi connectivity index (χ1n) is 13.9. The number of piperidine rings is 1. The molecule has 2 saturated heterocycles. The summed E-state index contributed by atoms with van der Waals surface area (Å²) in [5, 5.41) is 2.87. The molecule has 2 atom stereocenters. The van der Waals surface area contributed by atoms with Crippen molar-refractivity contribution >= 4 is 23.4 Å². The summed E-state index contributed by atoms with van der Waals surface area (Å²) in [4.78, 5) is 26.7. The van der Waals surface area contributed by atoms with E-state index >= 15 is 0 Å². The Hall–Kier alpha value is -3.90. The number of aryl methyl sites for hydroxylation is 1. The van der Waals surface area contributed by atoms with Gasteiger partial charge in [-0.05, 0) is 63.4 Å². The number of benzene rings is 1. The highest BCUT2D eigenvalue weighted by atomic mass is 19.4. The zero-order valence-corrected chi connectivity index (χ0v) is 23.6. The quantitative estimate of drug-likeness (QED) is 0.393. The van der Waals surface area contributed by atoms with Crippen molar-refractivity contribution in [2.75, 3.05) is 41.4 Å². The van der Waals surface area contributed by atoms with Crippen molar-refractivity contribution in [1.29, 1.82) is 0 Å². The fraction of sp³-hybridized carbons (Fsp3) is 0.433. The maximum absolute atomic E-state index is 13.8. The van der Waals surface area contributed by atoms with Gasteiger partial charge in [-0.25, -0.2) is 14.8 Å². The largest absolute Gasteiger partial charge is 0.491 e. The number of nitrogens with zero attached hydrogens (tertiary/aromatic N) is 4. The van der Waals surface area contributed by atoms with Crippen molar-refractivity contribution in [3.05, 3.63) is 59.8 Å². The molecule has 2 fully saturated rings. The Kier molecular flexibility index (Phi) is 7.22. The molecule has 2 bridgehead atoms. The second kappa shape index (κ2) is 10.7. The SMILES string of the molecule is Cc1cc2c(nc1-c1cccc(C(F)(F)F)c1)N(C(=O)Nc1cc(OCC3COC(C)(C)O3)ccn1)[C@H]1CCCN2C1. The molecule has 0 aliphatic carbocycles. The molecule has 5 heterocycles. The van der Waals surface area contributed by atoms with Crippen LogP contribution in [0.25, 0.3) is 11.3 Å². The van der Waals surface area contributed by atoms with E-state index in [1.807, 2.05) is 26.8 Å². The predicted molar refractivity (Wildman–Crippen MR) is 151 cm³/mol. The minimum Gasteiger partial charge on any atom is -0.491 e. The van der Waals surface area contributed by atoms with E-state index in [0.29, 0.717) is 41.8 Å². The number of hydrogen-bond donors (Lipinski definition) is 1. The Balaban J connectivity index is 1.27. The lowest BCUT2D eigenvalue weighted by atomic mass is 9.97. The minimum atomic E-state index is -4.48. The zero-order valence-electron chi connectivity index (χ0n) is 23.6. The lowest BCUT2D eigenvalue weighted by Crippen LogP contribution is -2.56. The Morgan fingerprint density at radius 3 is 2.81 bits per heavy atom. The van der Waals surface area contributed by atoms with Crippen molar-refractivity contribution in [1.82, 2.24) is 9.97 Å². The molecule has 222 valence electrons. The highest BCUT2D eigenvalue weighted by Crippen LogP contribution is 2.42. The van der Waals surface area contributed by atoms with Crippen LogP contribution in [0.4, 0.5) is 35.3 Å². The molecule has 3 aliphatic heterocycles. The number of aromatic nitrogens is 2. The van der Waals surface area contributed by atoms with E-state index in [0.717, 1.165) is 42.8 Å². The normalized spacial score (nSPS) is 21.2. The molecule has 3 aromatic rings. The maximum atomic E-state index is 13.8. The van der Waals surface area contributed by atoms with Crippen molar-refractivity contribution in [3.63, 3.8) is 0 Å². The number of hydrogen-bond acceptors (Lipinski definition) is 7. The number of ether oxygens (including phenoxy) is 3. The first-order chi connectivity index (χ1) is 20.0. The molecule has 6 rings (SSSR count). The number of alkyl halides is 3. The van der Waals surface area contributed by atoms with Crippen LogP contribution in [-0.4, -0.2) is 60.2 Å². The van der Waals surface area contributed by atoms with Crippen molar-refractivity contribution in [3.8, 4) is 17.0 Å². The van der Waals surface area contributed by atoms with Crippen LogP contribution in [0.15, 0.2) is 48.7 Å². The Morgan fingerprint density at radius 1 is 1.21 bits per heavy atom. The molecule has 1 N–H and O–H groups in total. The lowest BCUT2D eigenvalue weighted by Gasteiger charge is -2.46. The molecule has 2 amide bonds. The topological polar surface area (TPSA) is 89.1 Å². The number of halogens is 3. The molecule has 9 nitrogen and oxygen atoms in total. The number of fused-ring (bicyclic) bond motifs is 4. The summed E-state index contributed by atoms with van der Waals surface area (Å²) in [5.74, 6) is 0.566. The van der Waals surface area contributed by atoms with E-state index < -0.39 is 23.6 Å². The summed E-state index contributed by atoms with van der Waals surface area (Å²) in [6.07, 6.45) is -1.49. The zero-order chi connectivity index (χ0) is 29.6. The molecular formula is C30H32F3N5O4. The van der Waals surface area contributed by atoms with Gasteiger partial charge in [0.1, 0.15) is 24.3 Å². The Bertz CT molecular complexity index is 1500. The monoisotopic (exact) mass is 583 g/mol. The Labute approximate surface area is 241 Å². The van der Waals surface area contributed by atoms with Crippen LogP contribution in [0, 0.1) is 6.92 Å². The van der Waals surface area contributed by atoms with Crippen molar-refractivity contribution in [2.45, 2.75) is 57.7 Å². The maximum Gasteiger partial charge on any atom is 0.416 e. The van der Waals surface area contributed by atoms with Crippen LogP contribution >= 0.6 is 0 Å². The minimum absolute atomic E-state index is 0.155. The fourth-order valence-electron chi connectivity index (χ4n) is 5.73. The van der Waals surface area contributed by atoms with Gasteiger partial charge in [-0.1, -0.05) is 12.1 Å². The van der Waals surface area contributed by atoms with Crippen LogP contribution < -0.4 is 19.9 Å². The molecule has 0 saturated carbocycles. The standard InChI is InChI=1S/C30H32F3N5O4/c1-18-12-24-27(36-26(18)19-6-4-7-20(13-19)30(31,32)33)38(21-8-5-11-37(24)15-21)28(39)35-25-14-22(9-10-34-25)40-16-23-17-41-29(2,3)42-23/h4,6-7,9-10,12-14,21,23H,5,8,11,15-17H2,1-3H3,(H,34,35,39)/t21-,23?/m0/s1. The summed E-state index contributed by atoms with van der Waals surface area (Å²) in [6.45, 7) is 7.66. The van der Waals surface area contributed by atoms with Gasteiger partial charge in [-0.3, -0.25) is 10.2 Å². The van der Waals surface area contributed by atoms with E-state index in [4.69, 9.17) is 19.2 Å². The van der Waals surface area contributed by atoms with Gasteiger partial charge in [0.05, 0.1) is 29.6 Å². The highest BCUT2D eigenvalue weighted by Gasteiger charge is 2.39. The number of anilines is 3. The van der Waals surface area contributed by atoms with E-state index in [9.17, 15) is 18.0 Å². The highest BCUT2D eigenvalue weighted by molar-refractivity contribution is 6.04. The van der Waals surface area contributed by atoms with Crippen LogP contribution in [0.5, 0.6) is 5.75 Å². The number of amides is 2. The second-order valence-corrected chi connectivity index (χ2v) is 11.3. The summed E-state index contributed by atoms with van der Waals surface area (Å²) in [7, 11) is 0. The van der Waals surface area contributed by atoms with E-state index in [-0.39, 0.29) is 18.8 Å². The predicted octanol–water partition coefficient (Wildman–Crippen LogP) is 6.02. The van der Waals surface area contributed by atoms with Gasteiger partial charge in [0, 0.05) is 30.9 Å². The van der Waals surface area contributed by atoms with E-state index in [1.54, 1.807) is 29.3 Å². The molecule has 3 aliphatic rings. The van der Waals surface area contributed by atoms with Gasteiger partial charge < -0.3 is 19.1 Å². The number of rotatable bonds is 5. The summed E-state index contributed by atoms with van der Waals surface area (Å²) < 4.78 is 57.6. The third-order valence-corrected chi connectivity index (χ3v) is 7.66. The summed E-state index contributed by atoms with van der Waals surface area (Å²) >= 11 is 0. The van der Waals surface area contributed by atoms with Gasteiger partial charge in [-0.2, -0.15) is 13.2 Å². The summed E-state index contributed by atoms with van der Waals surface area (Å²) in [5.41, 5.74) is 1.49. The molecule has 1 aromatic carbocycles. The Morgan fingerprint density at radius 2 is 2.05 bits per heavy atom. The van der Waals surface area contributed by atoms with E-state index in [2.05, 4.69) is 15.2 Å². The second-order valence-electron chi connectivity index (χ2n) is 11.3. The van der Waals surface area contributed by atoms with Crippen LogP contribution in [-0.2, 0) is 15.7 Å². The van der Waals surface area contributed by atoms with Crippen molar-refractivity contribution < 1.29 is 32.2 Å². The number of carbonyl (C=O) groups excluding carboxylic acids is 1. The molecule has 42 heavy (non-hydrogen) atoms. The van der Waals surface area contributed by atoms with Crippen molar-refractivity contribution in [2.24, 2.45) is 0 Å². The van der Waals surface area contributed by atoms with E-state index in [1.165, 1.54) is 6.07 Å². The number of carbonyl (C=O) groups is 1. The van der Waals surface area contributed by atoms with Crippen LogP contribution in [0.2, 0.25) is 0 Å². The molecule has 12 heteroatoms. The average molecular weight is 584 g/mol. The third kappa shape index (κ3) is 5.73.